The molecule has 100 valence electrons. The molecule has 3 unspecified atom stereocenters. The van der Waals surface area contributed by atoms with E-state index in [1.165, 1.54) is 6.42 Å². The van der Waals surface area contributed by atoms with E-state index in [1.807, 2.05) is 20.9 Å². The minimum atomic E-state index is -0.603. The quantitative estimate of drug-likeness (QED) is 0.737. The van der Waals surface area contributed by atoms with Crippen molar-refractivity contribution in [2.45, 2.75) is 45.7 Å². The van der Waals surface area contributed by atoms with Gasteiger partial charge in [-0.15, -0.1) is 0 Å². The van der Waals surface area contributed by atoms with Crippen molar-refractivity contribution in [3.63, 3.8) is 0 Å². The van der Waals surface area contributed by atoms with E-state index in [1.54, 1.807) is 0 Å². The van der Waals surface area contributed by atoms with Crippen molar-refractivity contribution < 1.29 is 9.53 Å². The van der Waals surface area contributed by atoms with Crippen molar-refractivity contribution in [1.29, 1.82) is 0 Å². The van der Waals surface area contributed by atoms with Gasteiger partial charge in [-0.2, -0.15) is 0 Å². The molecule has 1 aliphatic rings. The first-order valence-corrected chi connectivity index (χ1v) is 6.53. The largest absolute Gasteiger partial charge is 0.465 e. The van der Waals surface area contributed by atoms with Crippen molar-refractivity contribution in [3.8, 4) is 0 Å². The second kappa shape index (κ2) is 5.83. The zero-order valence-electron chi connectivity index (χ0n) is 11.7. The van der Waals surface area contributed by atoms with Gasteiger partial charge < -0.3 is 10.1 Å². The number of hydrogen-bond acceptors (Lipinski definition) is 4. The van der Waals surface area contributed by atoms with E-state index in [0.717, 1.165) is 6.54 Å². The number of nitrogens with one attached hydrogen (secondary N) is 1. The first kappa shape index (κ1) is 14.5. The van der Waals surface area contributed by atoms with Crippen LogP contribution in [0.4, 0.5) is 0 Å². The Balaban J connectivity index is 2.65. The average Bonchev–Trinajstić information content (AvgIpc) is 2.57. The number of rotatable bonds is 5. The standard InChI is InChI=1S/C13H26N2O2/c1-6-17-12(16)13(4,14-5)9-15-8-10(2)7-11(15)3/h10-11,14H,6-9H2,1-5H3. The summed E-state index contributed by atoms with van der Waals surface area (Å²) in [6, 6.07) is 0.548. The Morgan fingerprint density at radius 2 is 2.18 bits per heavy atom. The molecule has 0 aromatic heterocycles. The van der Waals surface area contributed by atoms with Crippen molar-refractivity contribution in [2.75, 3.05) is 26.7 Å². The van der Waals surface area contributed by atoms with Gasteiger partial charge in [0, 0.05) is 19.1 Å². The van der Waals surface area contributed by atoms with Crippen LogP contribution in [-0.4, -0.2) is 49.2 Å². The molecule has 0 spiro atoms. The van der Waals surface area contributed by atoms with Crippen molar-refractivity contribution in [3.05, 3.63) is 0 Å². The Bertz CT molecular complexity index is 270. The van der Waals surface area contributed by atoms with E-state index < -0.39 is 5.54 Å². The van der Waals surface area contributed by atoms with Gasteiger partial charge in [-0.3, -0.25) is 9.69 Å². The molecule has 0 saturated carbocycles. The Kier molecular flexibility index (Phi) is 4.95. The van der Waals surface area contributed by atoms with Gasteiger partial charge in [0.05, 0.1) is 6.61 Å². The SMILES string of the molecule is CCOC(=O)C(C)(CN1CC(C)CC1C)NC. The van der Waals surface area contributed by atoms with Crippen molar-refractivity contribution >= 4 is 5.97 Å². The third-order valence-corrected chi connectivity index (χ3v) is 3.71. The summed E-state index contributed by atoms with van der Waals surface area (Å²) in [4.78, 5) is 14.3. The van der Waals surface area contributed by atoms with Gasteiger partial charge in [-0.1, -0.05) is 6.92 Å². The van der Waals surface area contributed by atoms with Gasteiger partial charge in [-0.25, -0.2) is 0 Å². The van der Waals surface area contributed by atoms with Crippen LogP contribution >= 0.6 is 0 Å². The molecule has 0 radical (unpaired) electrons. The normalized spacial score (nSPS) is 29.0. The lowest BCUT2D eigenvalue weighted by atomic mass is 10.0. The Morgan fingerprint density at radius 3 is 2.59 bits per heavy atom. The van der Waals surface area contributed by atoms with E-state index in [2.05, 4.69) is 24.1 Å². The van der Waals surface area contributed by atoms with Crippen LogP contribution in [0.5, 0.6) is 0 Å². The molecule has 1 N–H and O–H groups in total. The van der Waals surface area contributed by atoms with Gasteiger partial charge in [0.25, 0.3) is 0 Å². The van der Waals surface area contributed by atoms with E-state index in [9.17, 15) is 4.79 Å². The number of likely N-dealkylation sites (tertiary alicyclic amines) is 1. The third-order valence-electron chi connectivity index (χ3n) is 3.71. The molecule has 0 aliphatic carbocycles. The zero-order valence-corrected chi connectivity index (χ0v) is 11.7. The molecule has 4 nitrogen and oxygen atoms in total. The van der Waals surface area contributed by atoms with E-state index in [0.29, 0.717) is 25.1 Å². The monoisotopic (exact) mass is 242 g/mol. The van der Waals surface area contributed by atoms with Crippen molar-refractivity contribution in [1.82, 2.24) is 10.2 Å². The summed E-state index contributed by atoms with van der Waals surface area (Å²) in [5.74, 6) is 0.558. The molecule has 0 amide bonds. The Hall–Kier alpha value is -0.610. The second-order valence-corrected chi connectivity index (χ2v) is 5.42. The molecule has 4 heteroatoms. The maximum atomic E-state index is 12.0. The molecule has 0 aromatic carbocycles. The molecule has 0 aromatic rings. The van der Waals surface area contributed by atoms with Crippen LogP contribution in [0, 0.1) is 5.92 Å². The van der Waals surface area contributed by atoms with Crippen LogP contribution in [0.2, 0.25) is 0 Å². The number of hydrogen-bond donors (Lipinski definition) is 1. The second-order valence-electron chi connectivity index (χ2n) is 5.42. The molecule has 1 heterocycles. The first-order valence-electron chi connectivity index (χ1n) is 6.53. The fourth-order valence-corrected chi connectivity index (χ4v) is 2.55. The number of ether oxygens (including phenoxy) is 1. The lowest BCUT2D eigenvalue weighted by molar-refractivity contribution is -0.151. The third kappa shape index (κ3) is 3.42. The van der Waals surface area contributed by atoms with Gasteiger partial charge in [0.15, 0.2) is 0 Å². The first-order chi connectivity index (χ1) is 7.92. The lowest BCUT2D eigenvalue weighted by Gasteiger charge is -2.33. The van der Waals surface area contributed by atoms with Crippen LogP contribution in [-0.2, 0) is 9.53 Å². The Labute approximate surface area is 105 Å². The summed E-state index contributed by atoms with van der Waals surface area (Å²) in [7, 11) is 1.82. The van der Waals surface area contributed by atoms with E-state index >= 15 is 0 Å². The lowest BCUT2D eigenvalue weighted by Crippen LogP contribution is -2.56. The predicted molar refractivity (Wildman–Crippen MR) is 68.9 cm³/mol. The highest BCUT2D eigenvalue weighted by Crippen LogP contribution is 2.24. The molecule has 1 saturated heterocycles. The number of carbonyl (C=O) groups is 1. The maximum absolute atomic E-state index is 12.0. The maximum Gasteiger partial charge on any atom is 0.327 e. The highest BCUT2D eigenvalue weighted by atomic mass is 16.5. The number of carbonyl (C=O) groups excluding carboxylic acids is 1. The van der Waals surface area contributed by atoms with Crippen LogP contribution in [0.3, 0.4) is 0 Å². The van der Waals surface area contributed by atoms with E-state index in [4.69, 9.17) is 4.74 Å². The van der Waals surface area contributed by atoms with Crippen LogP contribution < -0.4 is 5.32 Å². The minimum absolute atomic E-state index is 0.158. The van der Waals surface area contributed by atoms with Gasteiger partial charge >= 0.3 is 5.97 Å². The molecule has 1 rings (SSSR count). The zero-order chi connectivity index (χ0) is 13.1. The molecular formula is C13H26N2O2. The van der Waals surface area contributed by atoms with Crippen LogP contribution in [0.25, 0.3) is 0 Å². The predicted octanol–water partition coefficient (Wildman–Crippen LogP) is 1.26. The molecule has 17 heavy (non-hydrogen) atoms. The fourth-order valence-electron chi connectivity index (χ4n) is 2.55. The van der Waals surface area contributed by atoms with Gasteiger partial charge in [0.1, 0.15) is 5.54 Å². The highest BCUT2D eigenvalue weighted by molar-refractivity contribution is 5.80. The smallest absolute Gasteiger partial charge is 0.327 e. The molecule has 1 fully saturated rings. The van der Waals surface area contributed by atoms with Crippen LogP contribution in [0.1, 0.15) is 34.1 Å². The topological polar surface area (TPSA) is 41.6 Å². The van der Waals surface area contributed by atoms with Gasteiger partial charge in [0.2, 0.25) is 0 Å². The number of likely N-dealkylation sites (N-methyl/N-ethyl adjacent to an activating group) is 1. The molecule has 3 atom stereocenters. The summed E-state index contributed by atoms with van der Waals surface area (Å²) in [5.41, 5.74) is -0.603. The van der Waals surface area contributed by atoms with Crippen LogP contribution in [0.15, 0.2) is 0 Å². The fraction of sp³-hybridized carbons (Fsp3) is 0.923. The summed E-state index contributed by atoms with van der Waals surface area (Å²) in [5, 5.41) is 3.11. The summed E-state index contributed by atoms with van der Waals surface area (Å²) < 4.78 is 5.14. The number of nitrogens with zero attached hydrogens (tertiary/aromatic N) is 1. The van der Waals surface area contributed by atoms with E-state index in [-0.39, 0.29) is 5.97 Å². The minimum Gasteiger partial charge on any atom is -0.465 e. The summed E-state index contributed by atoms with van der Waals surface area (Å²) in [6.07, 6.45) is 1.21. The van der Waals surface area contributed by atoms with Gasteiger partial charge in [-0.05, 0) is 40.2 Å². The molecule has 0 bridgehead atoms. The average molecular weight is 242 g/mol. The summed E-state index contributed by atoms with van der Waals surface area (Å²) >= 11 is 0. The molecular weight excluding hydrogens is 216 g/mol. The highest BCUT2D eigenvalue weighted by Gasteiger charge is 2.38. The van der Waals surface area contributed by atoms with Crippen molar-refractivity contribution in [2.24, 2.45) is 5.92 Å². The Morgan fingerprint density at radius 1 is 1.53 bits per heavy atom. The molecule has 1 aliphatic heterocycles. The summed E-state index contributed by atoms with van der Waals surface area (Å²) in [6.45, 7) is 10.5. The number of esters is 1.